The van der Waals surface area contributed by atoms with Gasteiger partial charge in [0.1, 0.15) is 5.75 Å². The molecule has 1 aromatic carbocycles. The van der Waals surface area contributed by atoms with Crippen LogP contribution in [-0.2, 0) is 6.54 Å². The second-order valence-corrected chi connectivity index (χ2v) is 5.79. The highest BCUT2D eigenvalue weighted by molar-refractivity contribution is 6.20. The Bertz CT molecular complexity index is 366. The number of aryl methyl sites for hydroxylation is 1. The molecule has 2 nitrogen and oxygen atoms in total. The molecule has 102 valence electrons. The van der Waals surface area contributed by atoms with Crippen molar-refractivity contribution in [2.75, 3.05) is 13.7 Å². The van der Waals surface area contributed by atoms with Gasteiger partial charge in [0, 0.05) is 24.0 Å². The van der Waals surface area contributed by atoms with Crippen molar-refractivity contribution in [3.63, 3.8) is 0 Å². The van der Waals surface area contributed by atoms with Crippen molar-refractivity contribution in [2.45, 2.75) is 39.1 Å². The molecule has 0 aliphatic heterocycles. The van der Waals surface area contributed by atoms with Gasteiger partial charge in [-0.2, -0.15) is 0 Å². The van der Waals surface area contributed by atoms with Gasteiger partial charge in [-0.1, -0.05) is 31.5 Å². The van der Waals surface area contributed by atoms with Crippen molar-refractivity contribution in [3.8, 4) is 5.75 Å². The van der Waals surface area contributed by atoms with E-state index >= 15 is 0 Å². The Hall–Kier alpha value is -0.730. The first-order valence-electron chi connectivity index (χ1n) is 6.51. The number of ether oxygens (including phenoxy) is 1. The second kappa shape index (κ2) is 7.65. The number of methoxy groups -OCH3 is 1. The molecule has 0 bridgehead atoms. The van der Waals surface area contributed by atoms with Gasteiger partial charge in [0.05, 0.1) is 7.11 Å². The maximum atomic E-state index is 6.25. The third kappa shape index (κ3) is 5.28. The number of alkyl halides is 1. The molecule has 1 unspecified atom stereocenters. The van der Waals surface area contributed by atoms with Crippen LogP contribution in [0.15, 0.2) is 18.2 Å². The zero-order valence-corrected chi connectivity index (χ0v) is 12.6. The summed E-state index contributed by atoms with van der Waals surface area (Å²) in [7, 11) is 1.71. The monoisotopic (exact) mass is 269 g/mol. The molecule has 0 saturated carbocycles. The second-order valence-electron chi connectivity index (χ2n) is 5.17. The Labute approximate surface area is 116 Å². The number of benzene rings is 1. The van der Waals surface area contributed by atoms with Crippen LogP contribution in [0.5, 0.6) is 5.75 Å². The highest BCUT2D eigenvalue weighted by Crippen LogP contribution is 2.19. The smallest absolute Gasteiger partial charge is 0.123 e. The fourth-order valence-corrected chi connectivity index (χ4v) is 2.47. The summed E-state index contributed by atoms with van der Waals surface area (Å²) in [6.45, 7) is 8.10. The Kier molecular flexibility index (Phi) is 6.51. The standard InChI is InChI=1S/C15H24ClNO/c1-11(2)7-14(16)10-17-9-13-8-12(3)5-6-15(13)18-4/h5-6,8,11,14,17H,7,9-10H2,1-4H3. The van der Waals surface area contributed by atoms with Crippen molar-refractivity contribution >= 4 is 11.6 Å². The van der Waals surface area contributed by atoms with Crippen LogP contribution < -0.4 is 10.1 Å². The lowest BCUT2D eigenvalue weighted by molar-refractivity contribution is 0.407. The van der Waals surface area contributed by atoms with Crippen LogP contribution in [0.2, 0.25) is 0 Å². The quantitative estimate of drug-likeness (QED) is 0.762. The van der Waals surface area contributed by atoms with E-state index in [1.54, 1.807) is 7.11 Å². The lowest BCUT2D eigenvalue weighted by Gasteiger charge is -2.14. The normalized spacial score (nSPS) is 12.8. The topological polar surface area (TPSA) is 21.3 Å². The summed E-state index contributed by atoms with van der Waals surface area (Å²) in [6.07, 6.45) is 1.04. The van der Waals surface area contributed by atoms with E-state index in [0.29, 0.717) is 5.92 Å². The third-order valence-electron chi connectivity index (χ3n) is 2.84. The highest BCUT2D eigenvalue weighted by atomic mass is 35.5. The van der Waals surface area contributed by atoms with Gasteiger partial charge in [-0.25, -0.2) is 0 Å². The first kappa shape index (κ1) is 15.3. The molecule has 0 amide bonds. The third-order valence-corrected chi connectivity index (χ3v) is 3.18. The summed E-state index contributed by atoms with van der Waals surface area (Å²) in [5.41, 5.74) is 2.43. The molecule has 1 atom stereocenters. The molecule has 0 aliphatic carbocycles. The number of nitrogens with one attached hydrogen (secondary N) is 1. The number of halogens is 1. The summed E-state index contributed by atoms with van der Waals surface area (Å²) < 4.78 is 5.35. The zero-order valence-electron chi connectivity index (χ0n) is 11.8. The molecule has 0 heterocycles. The SMILES string of the molecule is COc1ccc(C)cc1CNCC(Cl)CC(C)C. The number of hydrogen-bond acceptors (Lipinski definition) is 2. The summed E-state index contributed by atoms with van der Waals surface area (Å²) in [4.78, 5) is 0. The molecule has 1 aromatic rings. The van der Waals surface area contributed by atoms with Crippen LogP contribution in [0.25, 0.3) is 0 Å². The average molecular weight is 270 g/mol. The van der Waals surface area contributed by atoms with Gasteiger partial charge < -0.3 is 10.1 Å². The van der Waals surface area contributed by atoms with E-state index in [4.69, 9.17) is 16.3 Å². The van der Waals surface area contributed by atoms with E-state index in [1.807, 2.05) is 6.07 Å². The molecule has 1 rings (SSSR count). The van der Waals surface area contributed by atoms with Crippen LogP contribution in [0.1, 0.15) is 31.4 Å². The predicted octanol–water partition coefficient (Wildman–Crippen LogP) is 3.75. The fraction of sp³-hybridized carbons (Fsp3) is 0.600. The van der Waals surface area contributed by atoms with Crippen molar-refractivity contribution in [2.24, 2.45) is 5.92 Å². The van der Waals surface area contributed by atoms with Crippen LogP contribution >= 0.6 is 11.6 Å². The van der Waals surface area contributed by atoms with Gasteiger partial charge in [0.25, 0.3) is 0 Å². The van der Waals surface area contributed by atoms with Crippen molar-refractivity contribution < 1.29 is 4.74 Å². The Morgan fingerprint density at radius 3 is 2.67 bits per heavy atom. The predicted molar refractivity (Wildman–Crippen MR) is 78.5 cm³/mol. The van der Waals surface area contributed by atoms with Gasteiger partial charge >= 0.3 is 0 Å². The molecule has 0 saturated heterocycles. The van der Waals surface area contributed by atoms with Crippen molar-refractivity contribution in [3.05, 3.63) is 29.3 Å². The zero-order chi connectivity index (χ0) is 13.5. The van der Waals surface area contributed by atoms with Gasteiger partial charge in [-0.05, 0) is 25.3 Å². The van der Waals surface area contributed by atoms with Crippen LogP contribution in [0.4, 0.5) is 0 Å². The molecular formula is C15H24ClNO. The van der Waals surface area contributed by atoms with Gasteiger partial charge in [0.2, 0.25) is 0 Å². The van der Waals surface area contributed by atoms with Gasteiger partial charge in [0.15, 0.2) is 0 Å². The largest absolute Gasteiger partial charge is 0.496 e. The molecule has 3 heteroatoms. The average Bonchev–Trinajstić information content (AvgIpc) is 2.28. The van der Waals surface area contributed by atoms with E-state index in [9.17, 15) is 0 Å². The van der Waals surface area contributed by atoms with E-state index in [2.05, 4.69) is 38.2 Å². The van der Waals surface area contributed by atoms with E-state index < -0.39 is 0 Å². The van der Waals surface area contributed by atoms with Crippen molar-refractivity contribution in [1.29, 1.82) is 0 Å². The number of rotatable bonds is 7. The Morgan fingerprint density at radius 1 is 1.33 bits per heavy atom. The maximum Gasteiger partial charge on any atom is 0.123 e. The fourth-order valence-electron chi connectivity index (χ4n) is 2.00. The van der Waals surface area contributed by atoms with Gasteiger partial charge in [-0.15, -0.1) is 11.6 Å². The van der Waals surface area contributed by atoms with Crippen molar-refractivity contribution in [1.82, 2.24) is 5.32 Å². The molecule has 0 aliphatic rings. The Morgan fingerprint density at radius 2 is 2.06 bits per heavy atom. The minimum Gasteiger partial charge on any atom is -0.496 e. The number of hydrogen-bond donors (Lipinski definition) is 1. The molecule has 0 fully saturated rings. The van der Waals surface area contributed by atoms with Crippen LogP contribution in [0.3, 0.4) is 0 Å². The first-order chi connectivity index (χ1) is 8.52. The minimum absolute atomic E-state index is 0.195. The highest BCUT2D eigenvalue weighted by Gasteiger charge is 2.08. The first-order valence-corrected chi connectivity index (χ1v) is 6.95. The molecule has 0 radical (unpaired) electrons. The minimum atomic E-state index is 0.195. The molecule has 0 aromatic heterocycles. The van der Waals surface area contributed by atoms with E-state index in [-0.39, 0.29) is 5.38 Å². The summed E-state index contributed by atoms with van der Waals surface area (Å²) in [5.74, 6) is 1.57. The van der Waals surface area contributed by atoms with Gasteiger partial charge in [-0.3, -0.25) is 0 Å². The lowest BCUT2D eigenvalue weighted by atomic mass is 10.1. The maximum absolute atomic E-state index is 6.25. The summed E-state index contributed by atoms with van der Waals surface area (Å²) >= 11 is 6.25. The van der Waals surface area contributed by atoms with Crippen LogP contribution in [-0.4, -0.2) is 19.0 Å². The molecule has 0 spiro atoms. The molecule has 18 heavy (non-hydrogen) atoms. The van der Waals surface area contributed by atoms with Crippen LogP contribution in [0, 0.1) is 12.8 Å². The van der Waals surface area contributed by atoms with E-state index in [1.165, 1.54) is 11.1 Å². The lowest BCUT2D eigenvalue weighted by Crippen LogP contribution is -2.24. The Balaban J connectivity index is 2.45. The molecular weight excluding hydrogens is 246 g/mol. The summed E-state index contributed by atoms with van der Waals surface area (Å²) in [5, 5.41) is 3.59. The summed E-state index contributed by atoms with van der Waals surface area (Å²) in [6, 6.07) is 6.22. The molecule has 1 N–H and O–H groups in total. The van der Waals surface area contributed by atoms with E-state index in [0.717, 1.165) is 25.3 Å².